The molecule has 1 saturated heterocycles. The fourth-order valence-corrected chi connectivity index (χ4v) is 5.94. The molecule has 2 atom stereocenters. The van der Waals surface area contributed by atoms with Crippen molar-refractivity contribution in [2.75, 3.05) is 26.4 Å². The Hall–Kier alpha value is -0.490. The van der Waals surface area contributed by atoms with E-state index in [-0.39, 0.29) is 12.2 Å². The van der Waals surface area contributed by atoms with Gasteiger partial charge in [-0.05, 0) is 32.1 Å². The van der Waals surface area contributed by atoms with Crippen LogP contribution in [-0.4, -0.2) is 38.6 Å². The van der Waals surface area contributed by atoms with Gasteiger partial charge < -0.3 is 14.2 Å². The summed E-state index contributed by atoms with van der Waals surface area (Å²) in [5.74, 6) is 0. The molecule has 1 aliphatic rings. The minimum Gasteiger partial charge on any atom is -0.379 e. The van der Waals surface area contributed by atoms with Gasteiger partial charge >= 0.3 is 0 Å². The topological polar surface area (TPSA) is 31.6 Å². The molecule has 37 heavy (non-hydrogen) atoms. The molecule has 4 nitrogen and oxygen atoms in total. The summed E-state index contributed by atoms with van der Waals surface area (Å²) < 4.78 is 20.5. The van der Waals surface area contributed by atoms with Gasteiger partial charge in [0, 0.05) is 26.2 Å². The second-order valence-electron chi connectivity index (χ2n) is 11.2. The summed E-state index contributed by atoms with van der Waals surface area (Å²) in [7, 11) is 0. The smallest absolute Gasteiger partial charge is 0.224 e. The summed E-state index contributed by atoms with van der Waals surface area (Å²) in [6.45, 7) is 6.73. The molecule has 0 spiro atoms. The molecule has 216 valence electrons. The fourth-order valence-electron chi connectivity index (χ4n) is 5.31. The zero-order valence-electron chi connectivity index (χ0n) is 24.4. The van der Waals surface area contributed by atoms with Gasteiger partial charge in [-0.15, -0.1) is 0 Å². The summed E-state index contributed by atoms with van der Waals surface area (Å²) >= 11 is 1.77. The Labute approximate surface area is 233 Å². The van der Waals surface area contributed by atoms with Crippen molar-refractivity contribution in [3.8, 4) is 0 Å². The third-order valence-electron chi connectivity index (χ3n) is 7.72. The van der Waals surface area contributed by atoms with Crippen molar-refractivity contribution in [1.29, 1.82) is 0 Å². The molecule has 1 aliphatic heterocycles. The number of rotatable bonds is 26. The maximum absolute atomic E-state index is 6.25. The van der Waals surface area contributed by atoms with Crippen molar-refractivity contribution < 1.29 is 18.8 Å². The van der Waals surface area contributed by atoms with Gasteiger partial charge in [0.05, 0.1) is 18.1 Å². The molecule has 0 unspecified atom stereocenters. The van der Waals surface area contributed by atoms with Crippen LogP contribution < -0.4 is 4.57 Å². The highest BCUT2D eigenvalue weighted by molar-refractivity contribution is 7.07. The van der Waals surface area contributed by atoms with E-state index in [0.717, 1.165) is 45.6 Å². The van der Waals surface area contributed by atoms with E-state index < -0.39 is 0 Å². The Kier molecular flexibility index (Phi) is 21.7. The van der Waals surface area contributed by atoms with Crippen molar-refractivity contribution in [3.63, 3.8) is 0 Å². The molecule has 0 bridgehead atoms. The number of hydrogen-bond donors (Lipinski definition) is 0. The van der Waals surface area contributed by atoms with Crippen LogP contribution in [0.25, 0.3) is 0 Å². The average Bonchev–Trinajstić information content (AvgIpc) is 3.44. The van der Waals surface area contributed by atoms with E-state index in [1.54, 1.807) is 11.3 Å². The molecule has 1 aromatic heterocycles. The van der Waals surface area contributed by atoms with Gasteiger partial charge in [0.1, 0.15) is 12.6 Å². The lowest BCUT2D eigenvalue weighted by Gasteiger charge is -2.31. The summed E-state index contributed by atoms with van der Waals surface area (Å²) in [4.78, 5) is 0. The summed E-state index contributed by atoms with van der Waals surface area (Å²) in [6, 6.07) is 0. The second-order valence-corrected chi connectivity index (χ2v) is 11.9. The van der Waals surface area contributed by atoms with E-state index in [9.17, 15) is 0 Å². The first-order chi connectivity index (χ1) is 18.4. The highest BCUT2D eigenvalue weighted by atomic mass is 32.1. The number of ether oxygens (including phenoxy) is 3. The lowest BCUT2D eigenvalue weighted by atomic mass is 10.0. The molecule has 1 aromatic rings. The van der Waals surface area contributed by atoms with Crippen LogP contribution >= 0.6 is 11.3 Å². The molecular weight excluding hydrogens is 478 g/mol. The standard InChI is InChI=1S/C32H60NO3S/c1-2-3-4-5-6-7-8-9-10-11-12-13-17-20-26-35-31-22-21-27-36-32(31)29-34-25-19-16-14-15-18-23-33-24-28-37-30-33/h24,28,30-32H,2-23,25-27,29H2,1H3/q+1/t31-,32+/m1/s1. The molecular formula is C32H60NO3S+. The van der Waals surface area contributed by atoms with Gasteiger partial charge in [-0.25, -0.2) is 0 Å². The van der Waals surface area contributed by atoms with Crippen molar-refractivity contribution in [2.24, 2.45) is 0 Å². The molecule has 0 saturated carbocycles. The second kappa shape index (κ2) is 24.5. The van der Waals surface area contributed by atoms with Crippen LogP contribution in [-0.2, 0) is 20.8 Å². The first-order valence-corrected chi connectivity index (χ1v) is 17.1. The maximum Gasteiger partial charge on any atom is 0.224 e. The lowest BCUT2D eigenvalue weighted by Crippen LogP contribution is -2.39. The number of aryl methyl sites for hydroxylation is 1. The van der Waals surface area contributed by atoms with Gasteiger partial charge in [0.25, 0.3) is 0 Å². The van der Waals surface area contributed by atoms with E-state index in [4.69, 9.17) is 14.2 Å². The molecule has 2 rings (SSSR count). The lowest BCUT2D eigenvalue weighted by molar-refractivity contribution is -0.692. The average molecular weight is 539 g/mol. The number of thiazole rings is 1. The SMILES string of the molecule is CCCCCCCCCCCCCCCCO[C@@H]1CCCO[C@H]1COCCCCCCC[n+]1ccsc1. The van der Waals surface area contributed by atoms with E-state index in [1.165, 1.54) is 116 Å². The minimum atomic E-state index is 0.128. The molecule has 0 N–H and O–H groups in total. The molecule has 0 amide bonds. The zero-order chi connectivity index (χ0) is 26.1. The molecule has 0 aromatic carbocycles. The highest BCUT2D eigenvalue weighted by Crippen LogP contribution is 2.19. The molecule has 1 fully saturated rings. The van der Waals surface area contributed by atoms with Crippen LogP contribution in [0.1, 0.15) is 142 Å². The Balaban J connectivity index is 1.33. The van der Waals surface area contributed by atoms with E-state index in [1.807, 2.05) is 0 Å². The van der Waals surface area contributed by atoms with Crippen LogP contribution in [0.4, 0.5) is 0 Å². The van der Waals surface area contributed by atoms with Crippen LogP contribution in [0.5, 0.6) is 0 Å². The normalized spacial score (nSPS) is 18.0. The highest BCUT2D eigenvalue weighted by Gasteiger charge is 2.26. The Morgan fingerprint density at radius 3 is 1.97 bits per heavy atom. The molecule has 0 aliphatic carbocycles. The number of aromatic nitrogens is 1. The Bertz CT molecular complexity index is 583. The van der Waals surface area contributed by atoms with Crippen molar-refractivity contribution in [3.05, 3.63) is 17.1 Å². The van der Waals surface area contributed by atoms with Gasteiger partial charge in [0.15, 0.2) is 6.20 Å². The summed E-state index contributed by atoms with van der Waals surface area (Å²) in [5, 5.41) is 2.14. The van der Waals surface area contributed by atoms with E-state index >= 15 is 0 Å². The van der Waals surface area contributed by atoms with Gasteiger partial charge in [-0.2, -0.15) is 4.57 Å². The molecule has 5 heteroatoms. The zero-order valence-corrected chi connectivity index (χ0v) is 25.2. The van der Waals surface area contributed by atoms with Crippen LogP contribution in [0, 0.1) is 0 Å². The van der Waals surface area contributed by atoms with Crippen LogP contribution in [0.15, 0.2) is 17.1 Å². The molecule has 0 radical (unpaired) electrons. The Morgan fingerprint density at radius 1 is 0.757 bits per heavy atom. The monoisotopic (exact) mass is 538 g/mol. The van der Waals surface area contributed by atoms with Crippen molar-refractivity contribution >= 4 is 11.3 Å². The fraction of sp³-hybridized carbons (Fsp3) is 0.906. The third-order valence-corrected chi connectivity index (χ3v) is 8.40. The Morgan fingerprint density at radius 2 is 1.35 bits per heavy atom. The third kappa shape index (κ3) is 18.4. The number of nitrogens with zero attached hydrogens (tertiary/aromatic N) is 1. The first-order valence-electron chi connectivity index (χ1n) is 16.1. The van der Waals surface area contributed by atoms with Gasteiger partial charge in [-0.3, -0.25) is 0 Å². The number of hydrogen-bond acceptors (Lipinski definition) is 4. The minimum absolute atomic E-state index is 0.128. The van der Waals surface area contributed by atoms with E-state index in [0.29, 0.717) is 6.61 Å². The van der Waals surface area contributed by atoms with Crippen molar-refractivity contribution in [2.45, 2.75) is 161 Å². The summed E-state index contributed by atoms with van der Waals surface area (Å²) in [5.41, 5.74) is 2.19. The van der Waals surface area contributed by atoms with Crippen LogP contribution in [0.3, 0.4) is 0 Å². The summed E-state index contributed by atoms with van der Waals surface area (Å²) in [6.07, 6.45) is 30.6. The van der Waals surface area contributed by atoms with Gasteiger partial charge in [-0.1, -0.05) is 115 Å². The first kappa shape index (κ1) is 32.7. The molecule has 2 heterocycles. The quantitative estimate of drug-likeness (QED) is 0.0871. The predicted octanol–water partition coefficient (Wildman–Crippen LogP) is 9.05. The van der Waals surface area contributed by atoms with Crippen molar-refractivity contribution in [1.82, 2.24) is 0 Å². The maximum atomic E-state index is 6.25. The van der Waals surface area contributed by atoms with E-state index in [2.05, 4.69) is 28.6 Å². The van der Waals surface area contributed by atoms with Crippen LogP contribution in [0.2, 0.25) is 0 Å². The van der Waals surface area contributed by atoms with Gasteiger partial charge in [0.2, 0.25) is 5.51 Å². The number of unbranched alkanes of at least 4 members (excludes halogenated alkanes) is 17. The largest absolute Gasteiger partial charge is 0.379 e. The predicted molar refractivity (Wildman–Crippen MR) is 157 cm³/mol.